The van der Waals surface area contributed by atoms with Crippen molar-refractivity contribution in [3.63, 3.8) is 0 Å². The molecule has 0 heterocycles. The minimum Gasteiger partial charge on any atom is -0.477 e. The molecule has 6 nitrogen and oxygen atoms in total. The first-order valence-electron chi connectivity index (χ1n) is 8.68. The van der Waals surface area contributed by atoms with Gasteiger partial charge in [-0.1, -0.05) is 42.5 Å². The number of benzene rings is 1. The van der Waals surface area contributed by atoms with Crippen LogP contribution in [0.3, 0.4) is 0 Å². The van der Waals surface area contributed by atoms with Crippen molar-refractivity contribution in [2.75, 3.05) is 0 Å². The van der Waals surface area contributed by atoms with E-state index >= 15 is 0 Å². The minimum atomic E-state index is -1.10. The molecule has 26 heavy (non-hydrogen) atoms. The highest BCUT2D eigenvalue weighted by atomic mass is 16.5. The van der Waals surface area contributed by atoms with Crippen LogP contribution in [0.4, 0.5) is 0 Å². The number of carboxylic acid groups (broad SMARTS) is 1. The van der Waals surface area contributed by atoms with Crippen LogP contribution in [0, 0.1) is 11.8 Å². The second-order valence-corrected chi connectivity index (χ2v) is 6.75. The fourth-order valence-corrected chi connectivity index (χ4v) is 3.57. The van der Waals surface area contributed by atoms with E-state index in [0.717, 1.165) is 5.57 Å². The second-order valence-electron chi connectivity index (χ2n) is 6.75. The molecule has 6 heteroatoms. The van der Waals surface area contributed by atoms with Gasteiger partial charge in [0.25, 0.3) is 0 Å². The first-order valence-corrected chi connectivity index (χ1v) is 8.68. The van der Waals surface area contributed by atoms with Gasteiger partial charge in [-0.3, -0.25) is 9.59 Å². The van der Waals surface area contributed by atoms with Gasteiger partial charge in [0.15, 0.2) is 11.9 Å². The first kappa shape index (κ1) is 18.1. The van der Waals surface area contributed by atoms with E-state index in [1.54, 1.807) is 18.2 Å². The summed E-state index contributed by atoms with van der Waals surface area (Å²) in [6, 6.07) is 8.06. The average Bonchev–Trinajstić information content (AvgIpc) is 3.22. The number of esters is 1. The number of carbonyl (C=O) groups excluding carboxylic acids is 2. The summed E-state index contributed by atoms with van der Waals surface area (Å²) in [4.78, 5) is 36.2. The zero-order chi connectivity index (χ0) is 18.8. The molecular weight excluding hydrogens is 334 g/mol. The van der Waals surface area contributed by atoms with Gasteiger partial charge in [-0.15, -0.1) is 0 Å². The fourth-order valence-electron chi connectivity index (χ4n) is 3.57. The quantitative estimate of drug-likeness (QED) is 0.591. The van der Waals surface area contributed by atoms with Gasteiger partial charge in [0.2, 0.25) is 6.04 Å². The van der Waals surface area contributed by atoms with Crippen LogP contribution in [0.15, 0.2) is 53.6 Å². The molecule has 2 aliphatic carbocycles. The largest absolute Gasteiger partial charge is 0.477 e. The molecule has 0 saturated heterocycles. The smallest absolute Gasteiger partial charge is 0.366 e. The van der Waals surface area contributed by atoms with Gasteiger partial charge in [-0.2, -0.15) is 0 Å². The van der Waals surface area contributed by atoms with Crippen LogP contribution < -0.4 is 5.73 Å². The monoisotopic (exact) mass is 356 g/mol. The standard InChI is InChI=1S/C20H21NO5/c1-11(17(21)19(23)24)26-20(25)16-10-8-13-14(16)7-9-15(13)18(22)12-5-3-2-4-6-12/h2-7,9,11,13,16-17H,8,10,21H2,1H3,(H,23,24)/p+1/t11-,13?,16+,17+/m1/s1. The van der Waals surface area contributed by atoms with Crippen LogP contribution in [-0.4, -0.2) is 35.0 Å². The molecule has 0 amide bonds. The lowest BCUT2D eigenvalue weighted by atomic mass is 9.90. The van der Waals surface area contributed by atoms with Gasteiger partial charge >= 0.3 is 11.9 Å². The van der Waals surface area contributed by atoms with Crippen molar-refractivity contribution in [2.24, 2.45) is 11.8 Å². The maximum atomic E-state index is 12.7. The van der Waals surface area contributed by atoms with Crippen LogP contribution in [0.25, 0.3) is 0 Å². The lowest BCUT2D eigenvalue weighted by Crippen LogP contribution is -2.70. The Hall–Kier alpha value is -2.73. The number of rotatable bonds is 6. The highest BCUT2D eigenvalue weighted by Gasteiger charge is 2.42. The fraction of sp³-hybridized carbons (Fsp3) is 0.350. The Morgan fingerprint density at radius 2 is 1.85 bits per heavy atom. The summed E-state index contributed by atoms with van der Waals surface area (Å²) in [7, 11) is 0. The Kier molecular flexibility index (Phi) is 5.04. The van der Waals surface area contributed by atoms with E-state index < -0.39 is 30.0 Å². The topological polar surface area (TPSA) is 108 Å². The minimum absolute atomic E-state index is 0.0204. The number of aliphatic carboxylic acids is 1. The van der Waals surface area contributed by atoms with Gasteiger partial charge in [-0.05, 0) is 25.3 Å². The summed E-state index contributed by atoms with van der Waals surface area (Å²) >= 11 is 0. The zero-order valence-electron chi connectivity index (χ0n) is 14.6. The highest BCUT2D eigenvalue weighted by Crippen LogP contribution is 2.45. The Morgan fingerprint density at radius 1 is 1.15 bits per heavy atom. The van der Waals surface area contributed by atoms with Crippen molar-refractivity contribution in [3.05, 3.63) is 59.2 Å². The predicted molar refractivity (Wildman–Crippen MR) is 93.0 cm³/mol. The number of ether oxygens (including phenoxy) is 1. The molecule has 1 fully saturated rings. The Bertz CT molecular complexity index is 796. The molecule has 0 aliphatic heterocycles. The van der Waals surface area contributed by atoms with E-state index in [1.807, 2.05) is 24.3 Å². The molecule has 1 aromatic carbocycles. The molecule has 1 aromatic rings. The third kappa shape index (κ3) is 3.32. The van der Waals surface area contributed by atoms with Crippen molar-refractivity contribution in [2.45, 2.75) is 31.9 Å². The maximum absolute atomic E-state index is 12.7. The van der Waals surface area contributed by atoms with Crippen molar-refractivity contribution in [1.82, 2.24) is 0 Å². The number of Topliss-reactive ketones (excluding diaryl/α,β-unsaturated/α-hetero) is 1. The van der Waals surface area contributed by atoms with E-state index in [2.05, 4.69) is 5.73 Å². The third-order valence-electron chi connectivity index (χ3n) is 5.15. The molecule has 0 aromatic heterocycles. The molecule has 4 N–H and O–H groups in total. The Balaban J connectivity index is 1.67. The van der Waals surface area contributed by atoms with Crippen molar-refractivity contribution in [3.8, 4) is 0 Å². The lowest BCUT2D eigenvalue weighted by Gasteiger charge is -2.18. The van der Waals surface area contributed by atoms with Crippen molar-refractivity contribution in [1.29, 1.82) is 0 Å². The van der Waals surface area contributed by atoms with E-state index in [4.69, 9.17) is 9.84 Å². The molecular formula is C20H22NO5+. The normalized spacial score (nSPS) is 23.5. The number of carboxylic acids is 1. The first-order chi connectivity index (χ1) is 12.4. The van der Waals surface area contributed by atoms with Crippen LogP contribution in [-0.2, 0) is 14.3 Å². The number of fused-ring (bicyclic) bond motifs is 1. The molecule has 136 valence electrons. The summed E-state index contributed by atoms with van der Waals surface area (Å²) in [5.41, 5.74) is 5.73. The molecule has 2 aliphatic rings. The van der Waals surface area contributed by atoms with E-state index in [0.29, 0.717) is 24.0 Å². The number of carbonyl (C=O) groups is 3. The Labute approximate surface area is 151 Å². The average molecular weight is 356 g/mol. The molecule has 0 spiro atoms. The van der Waals surface area contributed by atoms with Gasteiger partial charge in [0.1, 0.15) is 0 Å². The van der Waals surface area contributed by atoms with Crippen LogP contribution >= 0.6 is 0 Å². The van der Waals surface area contributed by atoms with Crippen molar-refractivity contribution < 1.29 is 30.0 Å². The molecule has 3 rings (SSSR count). The summed E-state index contributed by atoms with van der Waals surface area (Å²) in [5.74, 6) is -2.06. The molecule has 0 bridgehead atoms. The number of ketones is 1. The van der Waals surface area contributed by atoms with Crippen molar-refractivity contribution >= 4 is 17.7 Å². The molecule has 1 unspecified atom stereocenters. The van der Waals surface area contributed by atoms with Gasteiger partial charge < -0.3 is 15.6 Å². The summed E-state index contributed by atoms with van der Waals surface area (Å²) in [5, 5.41) is 8.97. The Morgan fingerprint density at radius 3 is 2.50 bits per heavy atom. The molecule has 1 saturated carbocycles. The molecule has 0 radical (unpaired) electrons. The van der Waals surface area contributed by atoms with Gasteiger partial charge in [0.05, 0.1) is 5.92 Å². The van der Waals surface area contributed by atoms with Crippen LogP contribution in [0.1, 0.15) is 30.1 Å². The number of allylic oxidation sites excluding steroid dienone is 3. The van der Waals surface area contributed by atoms with Gasteiger partial charge in [-0.25, -0.2) is 4.79 Å². The summed E-state index contributed by atoms with van der Waals surface area (Å²) < 4.78 is 5.31. The van der Waals surface area contributed by atoms with E-state index in [-0.39, 0.29) is 11.7 Å². The number of quaternary nitrogens is 1. The van der Waals surface area contributed by atoms with E-state index in [1.165, 1.54) is 6.92 Å². The number of hydrogen-bond acceptors (Lipinski definition) is 4. The maximum Gasteiger partial charge on any atom is 0.366 e. The van der Waals surface area contributed by atoms with Crippen LogP contribution in [0.2, 0.25) is 0 Å². The summed E-state index contributed by atoms with van der Waals surface area (Å²) in [6.45, 7) is 1.53. The van der Waals surface area contributed by atoms with E-state index in [9.17, 15) is 14.4 Å². The third-order valence-corrected chi connectivity index (χ3v) is 5.15. The van der Waals surface area contributed by atoms with Gasteiger partial charge in [0, 0.05) is 17.1 Å². The zero-order valence-corrected chi connectivity index (χ0v) is 14.6. The highest BCUT2D eigenvalue weighted by molar-refractivity contribution is 6.10. The second kappa shape index (κ2) is 7.25. The SMILES string of the molecule is C[C@@H](OC(=O)[C@H]1CCC2C(C(=O)c3ccccc3)=CC=C21)[C@H]([NH3+])C(=O)O. The van der Waals surface area contributed by atoms with Crippen LogP contribution in [0.5, 0.6) is 0 Å². The number of hydrogen-bond donors (Lipinski definition) is 2. The molecule has 4 atom stereocenters. The summed E-state index contributed by atoms with van der Waals surface area (Å²) in [6.07, 6.45) is 4.12. The lowest BCUT2D eigenvalue weighted by molar-refractivity contribution is -0.423. The predicted octanol–water partition coefficient (Wildman–Crippen LogP) is 1.39.